The largest absolute Gasteiger partial charge is 0.392 e. The van der Waals surface area contributed by atoms with Crippen LogP contribution in [0.25, 0.3) is 0 Å². The predicted octanol–water partition coefficient (Wildman–Crippen LogP) is 2.22. The number of nitrogens with two attached hydrogens (primary N) is 2. The summed E-state index contributed by atoms with van der Waals surface area (Å²) in [4.78, 5) is 0. The topological polar surface area (TPSA) is 55.3 Å². The third-order valence-electron chi connectivity index (χ3n) is 1.98. The molecule has 0 unspecified atom stereocenters. The van der Waals surface area contributed by atoms with Crippen LogP contribution < -0.4 is 16.6 Å². The lowest BCUT2D eigenvalue weighted by Crippen LogP contribution is -2.25. The number of nitrogens with zero attached hydrogens (tertiary/aromatic N) is 1. The number of hydrogen-bond acceptors (Lipinski definition) is 3. The number of hydrazine groups is 1. The number of rotatable bonds is 3. The predicted molar refractivity (Wildman–Crippen MR) is 63.6 cm³/mol. The van der Waals surface area contributed by atoms with Gasteiger partial charge in [0.1, 0.15) is 5.82 Å². The molecule has 0 saturated heterocycles. The Morgan fingerprint density at radius 3 is 2.73 bits per heavy atom. The normalized spacial score (nSPS) is 11.6. The minimum Gasteiger partial charge on any atom is -0.392 e. The Morgan fingerprint density at radius 2 is 2.27 bits per heavy atom. The van der Waals surface area contributed by atoms with Gasteiger partial charge in [-0.25, -0.2) is 10.2 Å². The second kappa shape index (κ2) is 5.14. The molecule has 4 N–H and O–H groups in total. The van der Waals surface area contributed by atoms with Gasteiger partial charge in [-0.1, -0.05) is 13.0 Å². The fourth-order valence-electron chi connectivity index (χ4n) is 1.19. The first-order valence-corrected chi connectivity index (χ1v) is 5.29. The second-order valence-corrected chi connectivity index (χ2v) is 3.97. The van der Waals surface area contributed by atoms with Gasteiger partial charge in [0, 0.05) is 0 Å². The molecule has 0 aliphatic carbocycles. The smallest absolute Gasteiger partial charge is 0.128 e. The monoisotopic (exact) mass is 273 g/mol. The Kier molecular flexibility index (Phi) is 4.11. The molecule has 0 aliphatic rings. The van der Waals surface area contributed by atoms with E-state index in [1.165, 1.54) is 17.3 Å². The lowest BCUT2D eigenvalue weighted by atomic mass is 10.1. The van der Waals surface area contributed by atoms with Gasteiger partial charge in [-0.05, 0) is 40.0 Å². The lowest BCUT2D eigenvalue weighted by Gasteiger charge is -2.14. The summed E-state index contributed by atoms with van der Waals surface area (Å²) >= 11 is 3.04. The molecule has 5 heteroatoms. The Bertz CT molecular complexity index is 375. The van der Waals surface area contributed by atoms with Gasteiger partial charge in [-0.15, -0.1) is 0 Å². The summed E-state index contributed by atoms with van der Waals surface area (Å²) < 4.78 is 13.8. The molecule has 0 spiro atoms. The van der Waals surface area contributed by atoms with Crippen LogP contribution in [0.3, 0.4) is 0 Å². The van der Waals surface area contributed by atoms with Crippen LogP contribution >= 0.6 is 15.9 Å². The van der Waals surface area contributed by atoms with Gasteiger partial charge >= 0.3 is 0 Å². The summed E-state index contributed by atoms with van der Waals surface area (Å²) in [6.45, 7) is 1.90. The molecule has 0 aromatic heterocycles. The summed E-state index contributed by atoms with van der Waals surface area (Å²) in [7, 11) is 0. The molecule has 0 aliphatic heterocycles. The van der Waals surface area contributed by atoms with E-state index in [4.69, 9.17) is 11.6 Å². The van der Waals surface area contributed by atoms with Crippen LogP contribution in [0.15, 0.2) is 29.0 Å². The average Bonchev–Trinajstić information content (AvgIpc) is 2.16. The van der Waals surface area contributed by atoms with E-state index in [-0.39, 0.29) is 5.82 Å². The Balaban J connectivity index is 2.97. The quantitative estimate of drug-likeness (QED) is 0.505. The first-order valence-electron chi connectivity index (χ1n) is 4.49. The van der Waals surface area contributed by atoms with E-state index in [2.05, 4.69) is 15.9 Å². The molecule has 0 bridgehead atoms. The Labute approximate surface area is 96.6 Å². The van der Waals surface area contributed by atoms with Crippen molar-refractivity contribution in [1.29, 1.82) is 0 Å². The van der Waals surface area contributed by atoms with E-state index in [1.807, 2.05) is 6.92 Å². The highest BCUT2D eigenvalue weighted by Crippen LogP contribution is 2.17. The number of anilines is 1. The average molecular weight is 274 g/mol. The third kappa shape index (κ3) is 3.21. The van der Waals surface area contributed by atoms with E-state index >= 15 is 0 Å². The molecule has 0 radical (unpaired) electrons. The number of benzene rings is 1. The van der Waals surface area contributed by atoms with Crippen molar-refractivity contribution in [3.63, 3.8) is 0 Å². The highest BCUT2D eigenvalue weighted by atomic mass is 79.9. The van der Waals surface area contributed by atoms with Gasteiger partial charge in [-0.3, -0.25) is 5.01 Å². The van der Waals surface area contributed by atoms with Crippen molar-refractivity contribution < 1.29 is 4.39 Å². The van der Waals surface area contributed by atoms with Crippen molar-refractivity contribution in [3.05, 3.63) is 40.4 Å². The molecule has 82 valence electrons. The summed E-state index contributed by atoms with van der Waals surface area (Å²) in [5, 5.41) is 1.26. The zero-order valence-corrected chi connectivity index (χ0v) is 9.96. The minimum absolute atomic E-state index is 0.257. The van der Waals surface area contributed by atoms with Crippen molar-refractivity contribution in [2.24, 2.45) is 11.6 Å². The van der Waals surface area contributed by atoms with Crippen LogP contribution in [0.5, 0.6) is 0 Å². The summed E-state index contributed by atoms with van der Waals surface area (Å²) in [6, 6.07) is 4.84. The molecule has 15 heavy (non-hydrogen) atoms. The highest BCUT2D eigenvalue weighted by molar-refractivity contribution is 9.11. The Morgan fingerprint density at radius 1 is 1.60 bits per heavy atom. The molecule has 0 amide bonds. The fourth-order valence-corrected chi connectivity index (χ4v) is 1.41. The summed E-state index contributed by atoms with van der Waals surface area (Å²) in [5.41, 5.74) is 6.60. The SMILES string of the molecule is CCc1ccc(N(N)/C=C(\N)Br)cc1F. The standard InChI is InChI=1S/C10H13BrFN3/c1-2-7-3-4-8(5-9(7)12)15(14)6-10(11)13/h3-6H,2,13-14H2,1H3/b10-6-. The highest BCUT2D eigenvalue weighted by Gasteiger charge is 2.04. The van der Waals surface area contributed by atoms with E-state index in [9.17, 15) is 4.39 Å². The molecule has 1 rings (SSSR count). The van der Waals surface area contributed by atoms with Gasteiger partial charge in [0.05, 0.1) is 16.5 Å². The van der Waals surface area contributed by atoms with Crippen LogP contribution in [0.2, 0.25) is 0 Å². The third-order valence-corrected chi connectivity index (χ3v) is 2.18. The van der Waals surface area contributed by atoms with Gasteiger partial charge in [0.2, 0.25) is 0 Å². The lowest BCUT2D eigenvalue weighted by molar-refractivity contribution is 0.612. The van der Waals surface area contributed by atoms with Gasteiger partial charge < -0.3 is 5.73 Å². The second-order valence-electron chi connectivity index (χ2n) is 3.05. The number of hydrogen-bond donors (Lipinski definition) is 2. The molecule has 1 aromatic rings. The van der Waals surface area contributed by atoms with Gasteiger partial charge in [-0.2, -0.15) is 0 Å². The zero-order chi connectivity index (χ0) is 11.4. The first-order chi connectivity index (χ1) is 7.04. The molecular formula is C10H13BrFN3. The van der Waals surface area contributed by atoms with Crippen molar-refractivity contribution in [1.82, 2.24) is 0 Å². The molecule has 1 aromatic carbocycles. The van der Waals surface area contributed by atoms with Crippen LogP contribution in [0.4, 0.5) is 10.1 Å². The first kappa shape index (κ1) is 12.0. The van der Waals surface area contributed by atoms with E-state index in [1.54, 1.807) is 12.1 Å². The van der Waals surface area contributed by atoms with Crippen molar-refractivity contribution in [2.45, 2.75) is 13.3 Å². The molecule has 0 fully saturated rings. The van der Waals surface area contributed by atoms with E-state index in [0.29, 0.717) is 22.3 Å². The molecule has 0 atom stereocenters. The van der Waals surface area contributed by atoms with Crippen LogP contribution in [0.1, 0.15) is 12.5 Å². The fraction of sp³-hybridized carbons (Fsp3) is 0.200. The summed E-state index contributed by atoms with van der Waals surface area (Å²) in [6.07, 6.45) is 2.12. The summed E-state index contributed by atoms with van der Waals surface area (Å²) in [5.74, 6) is 5.38. The van der Waals surface area contributed by atoms with E-state index in [0.717, 1.165) is 0 Å². The number of aryl methyl sites for hydroxylation is 1. The van der Waals surface area contributed by atoms with Gasteiger partial charge in [0.25, 0.3) is 0 Å². The molecule has 0 heterocycles. The van der Waals surface area contributed by atoms with E-state index < -0.39 is 0 Å². The molecular weight excluding hydrogens is 261 g/mol. The molecule has 3 nitrogen and oxygen atoms in total. The maximum Gasteiger partial charge on any atom is 0.128 e. The Hall–Kier alpha value is -1.07. The van der Waals surface area contributed by atoms with Crippen LogP contribution in [-0.4, -0.2) is 0 Å². The minimum atomic E-state index is -0.257. The zero-order valence-electron chi connectivity index (χ0n) is 8.37. The van der Waals surface area contributed by atoms with Crippen LogP contribution in [-0.2, 0) is 6.42 Å². The van der Waals surface area contributed by atoms with Crippen molar-refractivity contribution in [2.75, 3.05) is 5.01 Å². The maximum atomic E-state index is 13.4. The number of halogens is 2. The van der Waals surface area contributed by atoms with Gasteiger partial charge in [0.15, 0.2) is 0 Å². The van der Waals surface area contributed by atoms with Crippen molar-refractivity contribution in [3.8, 4) is 0 Å². The molecule has 0 saturated carbocycles. The van der Waals surface area contributed by atoms with Crippen molar-refractivity contribution >= 4 is 21.6 Å². The maximum absolute atomic E-state index is 13.4. The van der Waals surface area contributed by atoms with Crippen LogP contribution in [0, 0.1) is 5.82 Å².